The minimum atomic E-state index is -0.186. The van der Waals surface area contributed by atoms with Crippen LogP contribution in [0.15, 0.2) is 54.7 Å². The van der Waals surface area contributed by atoms with E-state index < -0.39 is 0 Å². The second-order valence-corrected chi connectivity index (χ2v) is 6.36. The monoisotopic (exact) mass is 356 g/mol. The van der Waals surface area contributed by atoms with Crippen molar-refractivity contribution in [2.45, 2.75) is 26.7 Å². The Balaban J connectivity index is 1.70. The number of nitrogens with one attached hydrogen (secondary N) is 1. The fourth-order valence-corrected chi connectivity index (χ4v) is 3.23. The number of aromatic nitrogens is 3. The van der Waals surface area contributed by atoms with Gasteiger partial charge in [-0.1, -0.05) is 32.0 Å². The molecule has 134 valence electrons. The first-order chi connectivity index (χ1) is 13.2. The molecule has 27 heavy (non-hydrogen) atoms. The highest BCUT2D eigenvalue weighted by molar-refractivity contribution is 6.09. The number of aryl methyl sites for hydroxylation is 2. The van der Waals surface area contributed by atoms with Crippen LogP contribution in [0.25, 0.3) is 21.9 Å². The molecule has 2 aromatic carbocycles. The number of hydrogen-bond donors (Lipinski definition) is 1. The fraction of sp³-hybridized carbons (Fsp3) is 0.182. The third-order valence-electron chi connectivity index (χ3n) is 4.63. The van der Waals surface area contributed by atoms with Crippen LogP contribution in [0.2, 0.25) is 0 Å². The number of anilines is 1. The minimum Gasteiger partial charge on any atom is -0.320 e. The van der Waals surface area contributed by atoms with Crippen molar-refractivity contribution in [2.75, 3.05) is 5.32 Å². The first kappa shape index (κ1) is 17.1. The molecule has 0 spiro atoms. The molecule has 1 N–H and O–H groups in total. The molecular formula is C22H20N4O. The number of rotatable bonds is 4. The highest BCUT2D eigenvalue weighted by Crippen LogP contribution is 2.22. The summed E-state index contributed by atoms with van der Waals surface area (Å²) in [6.07, 6.45) is 3.40. The third kappa shape index (κ3) is 3.24. The molecule has 0 unspecified atom stereocenters. The maximum atomic E-state index is 12.8. The molecule has 0 bridgehead atoms. The number of amides is 1. The van der Waals surface area contributed by atoms with Crippen molar-refractivity contribution in [3.8, 4) is 0 Å². The summed E-state index contributed by atoms with van der Waals surface area (Å²) in [5.41, 5.74) is 5.58. The number of fused-ring (bicyclic) bond motifs is 2. The van der Waals surface area contributed by atoms with Gasteiger partial charge in [-0.15, -0.1) is 0 Å². The van der Waals surface area contributed by atoms with E-state index in [1.54, 1.807) is 18.3 Å². The van der Waals surface area contributed by atoms with Gasteiger partial charge in [0.05, 0.1) is 33.6 Å². The van der Waals surface area contributed by atoms with Crippen LogP contribution in [0.5, 0.6) is 0 Å². The van der Waals surface area contributed by atoms with E-state index in [1.807, 2.05) is 36.4 Å². The third-order valence-corrected chi connectivity index (χ3v) is 4.63. The van der Waals surface area contributed by atoms with Gasteiger partial charge in [-0.2, -0.15) is 0 Å². The Hall–Kier alpha value is -3.34. The summed E-state index contributed by atoms with van der Waals surface area (Å²) in [5.74, 6) is -0.186. The van der Waals surface area contributed by atoms with Crippen LogP contribution in [0.3, 0.4) is 0 Å². The van der Waals surface area contributed by atoms with E-state index in [-0.39, 0.29) is 5.91 Å². The van der Waals surface area contributed by atoms with Gasteiger partial charge in [-0.05, 0) is 43.2 Å². The second-order valence-electron chi connectivity index (χ2n) is 6.36. The standard InChI is InChI=1S/C22H20N4O/c1-3-16-17(4-2)25-20-13-15(10-11-18(20)24-16)22(27)26-19-9-5-7-14-8-6-12-23-21(14)19/h5-13H,3-4H2,1-2H3,(H,26,27). The van der Waals surface area contributed by atoms with E-state index in [9.17, 15) is 4.79 Å². The predicted molar refractivity (Wildman–Crippen MR) is 108 cm³/mol. The Morgan fingerprint density at radius 3 is 2.44 bits per heavy atom. The van der Waals surface area contributed by atoms with Crippen LogP contribution in [0.4, 0.5) is 5.69 Å². The molecule has 0 fully saturated rings. The lowest BCUT2D eigenvalue weighted by Gasteiger charge is -2.10. The molecule has 0 saturated carbocycles. The van der Waals surface area contributed by atoms with Crippen molar-refractivity contribution in [3.05, 3.63) is 71.7 Å². The Morgan fingerprint density at radius 1 is 0.926 bits per heavy atom. The molecule has 5 heteroatoms. The summed E-state index contributed by atoms with van der Waals surface area (Å²) >= 11 is 0. The van der Waals surface area contributed by atoms with E-state index in [1.165, 1.54) is 0 Å². The lowest BCUT2D eigenvalue weighted by Crippen LogP contribution is -2.12. The molecule has 1 amide bonds. The van der Waals surface area contributed by atoms with E-state index in [4.69, 9.17) is 4.98 Å². The largest absolute Gasteiger partial charge is 0.320 e. The highest BCUT2D eigenvalue weighted by Gasteiger charge is 2.12. The summed E-state index contributed by atoms with van der Waals surface area (Å²) in [6.45, 7) is 4.15. The molecule has 5 nitrogen and oxygen atoms in total. The van der Waals surface area contributed by atoms with Crippen molar-refractivity contribution in [2.24, 2.45) is 0 Å². The van der Waals surface area contributed by atoms with Crippen molar-refractivity contribution in [3.63, 3.8) is 0 Å². The smallest absolute Gasteiger partial charge is 0.255 e. The van der Waals surface area contributed by atoms with E-state index >= 15 is 0 Å². The van der Waals surface area contributed by atoms with Crippen LogP contribution < -0.4 is 5.32 Å². The van der Waals surface area contributed by atoms with Crippen molar-refractivity contribution in [1.29, 1.82) is 0 Å². The molecule has 0 radical (unpaired) electrons. The number of para-hydroxylation sites is 1. The quantitative estimate of drug-likeness (QED) is 0.582. The van der Waals surface area contributed by atoms with Gasteiger partial charge >= 0.3 is 0 Å². The molecule has 4 aromatic rings. The second kappa shape index (κ2) is 7.11. The normalized spacial score (nSPS) is 11.0. The van der Waals surface area contributed by atoms with Crippen LogP contribution in [-0.2, 0) is 12.8 Å². The Labute approximate surface area is 157 Å². The SMILES string of the molecule is CCc1nc2ccc(C(=O)Nc3cccc4cccnc34)cc2nc1CC. The van der Waals surface area contributed by atoms with Crippen LogP contribution in [0.1, 0.15) is 35.6 Å². The summed E-state index contributed by atoms with van der Waals surface area (Å²) < 4.78 is 0. The van der Waals surface area contributed by atoms with Gasteiger partial charge in [0.25, 0.3) is 5.91 Å². The van der Waals surface area contributed by atoms with Gasteiger partial charge in [0.15, 0.2) is 0 Å². The molecule has 0 aliphatic carbocycles. The topological polar surface area (TPSA) is 67.8 Å². The Kier molecular flexibility index (Phi) is 4.50. The lowest BCUT2D eigenvalue weighted by atomic mass is 10.1. The molecular weight excluding hydrogens is 336 g/mol. The number of nitrogens with zero attached hydrogens (tertiary/aromatic N) is 3. The summed E-state index contributed by atoms with van der Waals surface area (Å²) in [4.78, 5) is 26.6. The maximum absolute atomic E-state index is 12.8. The average Bonchev–Trinajstić information content (AvgIpc) is 2.72. The number of hydrogen-bond acceptors (Lipinski definition) is 4. The average molecular weight is 356 g/mol. The number of carbonyl (C=O) groups is 1. The minimum absolute atomic E-state index is 0.186. The molecule has 4 rings (SSSR count). The molecule has 2 heterocycles. The summed E-state index contributed by atoms with van der Waals surface area (Å²) in [7, 11) is 0. The van der Waals surface area contributed by atoms with Crippen molar-refractivity contribution in [1.82, 2.24) is 15.0 Å². The molecule has 0 saturated heterocycles. The zero-order valence-electron chi connectivity index (χ0n) is 15.4. The Bertz CT molecular complexity index is 1150. The number of pyridine rings is 1. The zero-order chi connectivity index (χ0) is 18.8. The molecule has 2 aromatic heterocycles. The summed E-state index contributed by atoms with van der Waals surface area (Å²) in [6, 6.07) is 15.0. The highest BCUT2D eigenvalue weighted by atomic mass is 16.1. The first-order valence-electron chi connectivity index (χ1n) is 9.14. The van der Waals surface area contributed by atoms with Crippen molar-refractivity contribution < 1.29 is 4.79 Å². The fourth-order valence-electron chi connectivity index (χ4n) is 3.23. The van der Waals surface area contributed by atoms with Crippen LogP contribution in [0, 0.1) is 0 Å². The number of benzene rings is 2. The van der Waals surface area contributed by atoms with E-state index in [2.05, 4.69) is 29.1 Å². The molecule has 0 aliphatic heterocycles. The number of carbonyl (C=O) groups excluding carboxylic acids is 1. The van der Waals surface area contributed by atoms with Gasteiger partial charge in [0.1, 0.15) is 0 Å². The van der Waals surface area contributed by atoms with Gasteiger partial charge in [0.2, 0.25) is 0 Å². The van der Waals surface area contributed by atoms with Crippen LogP contribution >= 0.6 is 0 Å². The lowest BCUT2D eigenvalue weighted by molar-refractivity contribution is 0.102. The predicted octanol–water partition coefficient (Wildman–Crippen LogP) is 4.56. The van der Waals surface area contributed by atoms with E-state index in [0.29, 0.717) is 11.3 Å². The molecule has 0 aliphatic rings. The Morgan fingerprint density at radius 2 is 1.67 bits per heavy atom. The first-order valence-corrected chi connectivity index (χ1v) is 9.14. The molecule has 0 atom stereocenters. The van der Waals surface area contributed by atoms with Gasteiger partial charge in [-0.3, -0.25) is 9.78 Å². The van der Waals surface area contributed by atoms with E-state index in [0.717, 1.165) is 46.2 Å². The van der Waals surface area contributed by atoms with Gasteiger partial charge < -0.3 is 5.32 Å². The van der Waals surface area contributed by atoms with Crippen LogP contribution in [-0.4, -0.2) is 20.9 Å². The zero-order valence-corrected chi connectivity index (χ0v) is 15.4. The summed E-state index contributed by atoms with van der Waals surface area (Å²) in [5, 5.41) is 3.95. The maximum Gasteiger partial charge on any atom is 0.255 e. The van der Waals surface area contributed by atoms with Gasteiger partial charge in [0, 0.05) is 17.1 Å². The van der Waals surface area contributed by atoms with Crippen molar-refractivity contribution >= 4 is 33.5 Å². The van der Waals surface area contributed by atoms with Gasteiger partial charge in [-0.25, -0.2) is 9.97 Å².